The van der Waals surface area contributed by atoms with Crippen LogP contribution in [0.3, 0.4) is 0 Å². The van der Waals surface area contributed by atoms with E-state index in [0.29, 0.717) is 11.0 Å². The second kappa shape index (κ2) is 7.57. The number of carbonyl (C=O) groups is 1. The number of rotatable bonds is 3. The third kappa shape index (κ3) is 5.21. The first kappa shape index (κ1) is 22.4. The molecule has 0 aromatic heterocycles. The summed E-state index contributed by atoms with van der Waals surface area (Å²) in [5.74, 6) is -0.428. The molecule has 0 atom stereocenters. The molecule has 0 radical (unpaired) electrons. The first-order valence-corrected chi connectivity index (χ1v) is 8.41. The zero-order chi connectivity index (χ0) is 19.0. The molecule has 1 N–H and O–H groups in total. The third-order valence-electron chi connectivity index (χ3n) is 4.42. The van der Waals surface area contributed by atoms with Gasteiger partial charge in [-0.25, -0.2) is 9.18 Å². The summed E-state index contributed by atoms with van der Waals surface area (Å²) in [4.78, 5) is 11.7. The third-order valence-corrected chi connectivity index (χ3v) is 4.42. The molecule has 1 saturated heterocycles. The van der Waals surface area contributed by atoms with Gasteiger partial charge in [-0.05, 0) is 60.0 Å². The molecule has 0 aliphatic carbocycles. The van der Waals surface area contributed by atoms with Crippen molar-refractivity contribution in [3.63, 3.8) is 0 Å². The number of hydrogen-bond acceptors (Lipinski definition) is 4. The van der Waals surface area contributed by atoms with Crippen LogP contribution >= 0.6 is 0 Å². The normalized spacial score (nSPS) is 18.2. The Labute approximate surface area is 156 Å². The van der Waals surface area contributed by atoms with E-state index < -0.39 is 35.8 Å². The minimum atomic E-state index is -0.618. The predicted molar refractivity (Wildman–Crippen MR) is 102 cm³/mol. The van der Waals surface area contributed by atoms with Crippen molar-refractivity contribution < 1.29 is 23.2 Å². The molecule has 146 valence electrons. The molecule has 1 aromatic carbocycles. The van der Waals surface area contributed by atoms with Crippen LogP contribution in [0, 0.1) is 5.82 Å². The fourth-order valence-electron chi connectivity index (χ4n) is 2.31. The van der Waals surface area contributed by atoms with E-state index in [-0.39, 0.29) is 14.0 Å². The maximum absolute atomic E-state index is 14.4. The molecule has 2 rings (SSSR count). The number of nitrogens with one attached hydrogen (secondary N) is 1. The zero-order valence-corrected chi connectivity index (χ0v) is 16.0. The van der Waals surface area contributed by atoms with Gasteiger partial charge in [-0.1, -0.05) is 19.6 Å². The van der Waals surface area contributed by atoms with Crippen molar-refractivity contribution in [3.8, 4) is 0 Å². The van der Waals surface area contributed by atoms with E-state index in [1.807, 2.05) is 27.7 Å². The Morgan fingerprint density at radius 3 is 2.19 bits per heavy atom. The van der Waals surface area contributed by atoms with Crippen LogP contribution in [0.15, 0.2) is 18.2 Å². The van der Waals surface area contributed by atoms with Crippen LogP contribution in [0.25, 0.3) is 0 Å². The number of ether oxygens (including phenoxy) is 1. The van der Waals surface area contributed by atoms with Crippen molar-refractivity contribution in [2.45, 2.75) is 79.2 Å². The molecule has 26 heavy (non-hydrogen) atoms. The molecule has 1 amide bonds. The Bertz CT molecular complexity index is 639. The van der Waals surface area contributed by atoms with Gasteiger partial charge in [0.05, 0.1) is 11.2 Å². The molecule has 0 bridgehead atoms. The minimum Gasteiger partial charge on any atom is -0.444 e. The van der Waals surface area contributed by atoms with E-state index >= 15 is 0 Å². The van der Waals surface area contributed by atoms with E-state index in [4.69, 9.17) is 14.0 Å². The van der Waals surface area contributed by atoms with Gasteiger partial charge < -0.3 is 19.4 Å². The van der Waals surface area contributed by atoms with Crippen LogP contribution in [-0.4, -0.2) is 30.0 Å². The molecule has 0 unspecified atom stereocenters. The molecule has 1 aliphatic heterocycles. The average Bonchev–Trinajstić information content (AvgIpc) is 2.64. The second-order valence-corrected chi connectivity index (χ2v) is 8.29. The second-order valence-electron chi connectivity index (χ2n) is 8.29. The number of carbonyl (C=O) groups excluding carboxylic acids is 1. The average molecular weight is 367 g/mol. The van der Waals surface area contributed by atoms with E-state index in [9.17, 15) is 9.18 Å². The zero-order valence-electron chi connectivity index (χ0n) is 16.0. The highest BCUT2D eigenvalue weighted by molar-refractivity contribution is 6.62. The summed E-state index contributed by atoms with van der Waals surface area (Å²) in [5.41, 5.74) is -0.581. The maximum Gasteiger partial charge on any atom is 0.494 e. The Kier molecular flexibility index (Phi) is 6.53. The highest BCUT2D eigenvalue weighted by Crippen LogP contribution is 2.36. The molecule has 0 spiro atoms. The van der Waals surface area contributed by atoms with Gasteiger partial charge >= 0.3 is 13.2 Å². The van der Waals surface area contributed by atoms with Gasteiger partial charge in [0.25, 0.3) is 0 Å². The number of hydrogen-bond donors (Lipinski definition) is 1. The molecular formula is C19H31BFNO4. The van der Waals surface area contributed by atoms with E-state index in [1.54, 1.807) is 32.9 Å². The Hall–Kier alpha value is -1.60. The maximum atomic E-state index is 14.4. The summed E-state index contributed by atoms with van der Waals surface area (Å²) >= 11 is 0. The van der Waals surface area contributed by atoms with Crippen molar-refractivity contribution in [2.75, 3.05) is 0 Å². The van der Waals surface area contributed by atoms with Crippen molar-refractivity contribution in [1.29, 1.82) is 0 Å². The summed E-state index contributed by atoms with van der Waals surface area (Å²) in [6, 6.07) is 4.75. The van der Waals surface area contributed by atoms with Crippen LogP contribution in [0.5, 0.6) is 0 Å². The van der Waals surface area contributed by atoms with Crippen molar-refractivity contribution >= 4 is 18.7 Å². The summed E-state index contributed by atoms with van der Waals surface area (Å²) in [7, 11) is -0.618. The Morgan fingerprint density at radius 2 is 1.73 bits per heavy atom. The predicted octanol–water partition coefficient (Wildman–Crippen LogP) is 3.79. The van der Waals surface area contributed by atoms with Crippen LogP contribution < -0.4 is 10.8 Å². The van der Waals surface area contributed by atoms with Gasteiger partial charge in [0.1, 0.15) is 11.4 Å². The molecule has 1 heterocycles. The number of amides is 1. The summed E-state index contributed by atoms with van der Waals surface area (Å²) in [5, 5.41) is 2.55. The Morgan fingerprint density at radius 1 is 1.19 bits per heavy atom. The standard InChI is InChI=1S/C18H27BFNO4.CH4/c1-16(2,3)23-15(22)21-11-12-8-9-13(10-14(12)20)19-24-17(4,5)18(6,7)25-19;/h8-10H,11H2,1-7H3,(H,21,22);1H4. The topological polar surface area (TPSA) is 56.8 Å². The van der Waals surface area contributed by atoms with Gasteiger partial charge in [0.15, 0.2) is 0 Å². The fourth-order valence-corrected chi connectivity index (χ4v) is 2.31. The number of alkyl carbamates (subject to hydrolysis) is 1. The smallest absolute Gasteiger partial charge is 0.444 e. The van der Waals surface area contributed by atoms with E-state index in [2.05, 4.69) is 5.32 Å². The first-order chi connectivity index (χ1) is 11.3. The molecule has 1 aromatic rings. The lowest BCUT2D eigenvalue weighted by atomic mass is 9.78. The fraction of sp³-hybridized carbons (Fsp3) is 0.632. The molecule has 0 saturated carbocycles. The van der Waals surface area contributed by atoms with Crippen molar-refractivity contribution in [1.82, 2.24) is 5.32 Å². The lowest BCUT2D eigenvalue weighted by molar-refractivity contribution is 0.00578. The highest BCUT2D eigenvalue weighted by atomic mass is 19.1. The van der Waals surface area contributed by atoms with E-state index in [0.717, 1.165) is 0 Å². The Balaban J connectivity index is 0.00000338. The van der Waals surface area contributed by atoms with Crippen molar-refractivity contribution in [2.24, 2.45) is 0 Å². The lowest BCUT2D eigenvalue weighted by Crippen LogP contribution is -2.41. The van der Waals surface area contributed by atoms with E-state index in [1.165, 1.54) is 6.07 Å². The van der Waals surface area contributed by atoms with Crippen LogP contribution in [0.1, 0.15) is 61.5 Å². The molecule has 7 heteroatoms. The summed E-state index contributed by atoms with van der Waals surface area (Å²) in [6.45, 7) is 13.1. The van der Waals surface area contributed by atoms with Gasteiger partial charge in [0, 0.05) is 12.1 Å². The lowest BCUT2D eigenvalue weighted by Gasteiger charge is -2.32. The largest absolute Gasteiger partial charge is 0.494 e. The van der Waals surface area contributed by atoms with Gasteiger partial charge in [-0.3, -0.25) is 0 Å². The summed E-state index contributed by atoms with van der Waals surface area (Å²) in [6.07, 6.45) is -0.582. The van der Waals surface area contributed by atoms with Crippen LogP contribution in [-0.2, 0) is 20.6 Å². The van der Waals surface area contributed by atoms with Crippen molar-refractivity contribution in [3.05, 3.63) is 29.6 Å². The quantitative estimate of drug-likeness (QED) is 0.826. The first-order valence-electron chi connectivity index (χ1n) is 8.41. The molecular weight excluding hydrogens is 336 g/mol. The number of halogens is 1. The number of benzene rings is 1. The minimum absolute atomic E-state index is 0. The molecule has 5 nitrogen and oxygen atoms in total. The highest BCUT2D eigenvalue weighted by Gasteiger charge is 2.51. The molecule has 1 aliphatic rings. The van der Waals surface area contributed by atoms with Crippen LogP contribution in [0.4, 0.5) is 9.18 Å². The molecule has 1 fully saturated rings. The SMILES string of the molecule is C.CC(C)(C)OC(=O)NCc1ccc(B2OC(C)(C)C(C)(C)O2)cc1F. The van der Waals surface area contributed by atoms with Gasteiger partial charge in [-0.2, -0.15) is 0 Å². The summed E-state index contributed by atoms with van der Waals surface area (Å²) < 4.78 is 31.4. The van der Waals surface area contributed by atoms with Gasteiger partial charge in [0.2, 0.25) is 0 Å². The monoisotopic (exact) mass is 367 g/mol. The van der Waals surface area contributed by atoms with Gasteiger partial charge in [-0.15, -0.1) is 0 Å². The van der Waals surface area contributed by atoms with Crippen LogP contribution in [0.2, 0.25) is 0 Å².